The van der Waals surface area contributed by atoms with Crippen molar-refractivity contribution in [3.63, 3.8) is 0 Å². The zero-order valence-corrected chi connectivity index (χ0v) is 11.8. The zero-order chi connectivity index (χ0) is 12.5. The van der Waals surface area contributed by atoms with Gasteiger partial charge in [-0.05, 0) is 61.9 Å². The van der Waals surface area contributed by atoms with Gasteiger partial charge in [0, 0.05) is 0 Å². The molecule has 1 aliphatic heterocycles. The van der Waals surface area contributed by atoms with Gasteiger partial charge >= 0.3 is 0 Å². The monoisotopic (exact) mass is 265 g/mol. The standard InChI is InChI=1S/C15H23NOS/c1-2-7-15(8-3-1)17-10-5-9-16-12-14-6-4-11-18-13-14/h1-3,7-8,14,16H,4-6,9-13H2. The molecule has 0 radical (unpaired) electrons. The highest BCUT2D eigenvalue weighted by molar-refractivity contribution is 7.99. The van der Waals surface area contributed by atoms with E-state index >= 15 is 0 Å². The Morgan fingerprint density at radius 3 is 2.94 bits per heavy atom. The third-order valence-electron chi connectivity index (χ3n) is 3.20. The predicted octanol–water partition coefficient (Wildman–Crippen LogP) is 3.19. The molecule has 1 atom stereocenters. The van der Waals surface area contributed by atoms with Crippen molar-refractivity contribution in [1.82, 2.24) is 5.32 Å². The fourth-order valence-electron chi connectivity index (χ4n) is 2.18. The molecule has 1 N–H and O–H groups in total. The Morgan fingerprint density at radius 1 is 1.28 bits per heavy atom. The Bertz CT molecular complexity index is 312. The van der Waals surface area contributed by atoms with Gasteiger partial charge in [-0.15, -0.1) is 0 Å². The molecule has 1 unspecified atom stereocenters. The van der Waals surface area contributed by atoms with Gasteiger partial charge in [-0.1, -0.05) is 18.2 Å². The molecule has 0 aliphatic carbocycles. The second kappa shape index (κ2) is 8.44. The number of rotatable bonds is 7. The van der Waals surface area contributed by atoms with Crippen molar-refractivity contribution in [1.29, 1.82) is 0 Å². The average molecular weight is 265 g/mol. The van der Waals surface area contributed by atoms with Crippen LogP contribution in [0.3, 0.4) is 0 Å². The fraction of sp³-hybridized carbons (Fsp3) is 0.600. The van der Waals surface area contributed by atoms with Gasteiger partial charge in [0.25, 0.3) is 0 Å². The Kier molecular flexibility index (Phi) is 6.45. The first-order chi connectivity index (χ1) is 8.95. The van der Waals surface area contributed by atoms with E-state index < -0.39 is 0 Å². The van der Waals surface area contributed by atoms with Gasteiger partial charge in [-0.3, -0.25) is 0 Å². The number of thioether (sulfide) groups is 1. The smallest absolute Gasteiger partial charge is 0.119 e. The van der Waals surface area contributed by atoms with Gasteiger partial charge in [0.2, 0.25) is 0 Å². The summed E-state index contributed by atoms with van der Waals surface area (Å²) in [6.45, 7) is 3.04. The second-order valence-corrected chi connectivity index (χ2v) is 5.95. The highest BCUT2D eigenvalue weighted by Gasteiger charge is 2.12. The number of benzene rings is 1. The Labute approximate surface area is 114 Å². The summed E-state index contributed by atoms with van der Waals surface area (Å²) in [5.41, 5.74) is 0. The van der Waals surface area contributed by atoms with Crippen LogP contribution in [0.4, 0.5) is 0 Å². The summed E-state index contributed by atoms with van der Waals surface area (Å²) in [6, 6.07) is 10.0. The number of para-hydroxylation sites is 1. The molecule has 0 saturated carbocycles. The minimum Gasteiger partial charge on any atom is -0.494 e. The van der Waals surface area contributed by atoms with E-state index in [0.717, 1.165) is 31.2 Å². The molecule has 1 aliphatic rings. The lowest BCUT2D eigenvalue weighted by molar-refractivity contribution is 0.306. The van der Waals surface area contributed by atoms with E-state index in [1.165, 1.54) is 30.9 Å². The minimum absolute atomic E-state index is 0.802. The lowest BCUT2D eigenvalue weighted by atomic mass is 10.1. The van der Waals surface area contributed by atoms with E-state index in [1.54, 1.807) is 0 Å². The van der Waals surface area contributed by atoms with Crippen LogP contribution in [0.2, 0.25) is 0 Å². The van der Waals surface area contributed by atoms with Gasteiger partial charge in [-0.2, -0.15) is 11.8 Å². The quantitative estimate of drug-likeness (QED) is 0.765. The van der Waals surface area contributed by atoms with Crippen molar-refractivity contribution in [3.05, 3.63) is 30.3 Å². The summed E-state index contributed by atoms with van der Waals surface area (Å²) >= 11 is 2.10. The average Bonchev–Trinajstić information content (AvgIpc) is 2.45. The normalized spacial score (nSPS) is 19.7. The fourth-order valence-corrected chi connectivity index (χ4v) is 3.33. The molecule has 100 valence electrons. The van der Waals surface area contributed by atoms with Crippen molar-refractivity contribution >= 4 is 11.8 Å². The molecular formula is C15H23NOS. The first-order valence-corrected chi connectivity index (χ1v) is 8.07. The largest absolute Gasteiger partial charge is 0.494 e. The highest BCUT2D eigenvalue weighted by atomic mass is 32.2. The highest BCUT2D eigenvalue weighted by Crippen LogP contribution is 2.21. The molecule has 0 spiro atoms. The van der Waals surface area contributed by atoms with Crippen LogP contribution >= 0.6 is 11.8 Å². The molecule has 0 amide bonds. The van der Waals surface area contributed by atoms with Crippen molar-refractivity contribution in [2.45, 2.75) is 19.3 Å². The second-order valence-electron chi connectivity index (χ2n) is 4.80. The lowest BCUT2D eigenvalue weighted by Gasteiger charge is -2.21. The van der Waals surface area contributed by atoms with Crippen LogP contribution in [0.1, 0.15) is 19.3 Å². The third kappa shape index (κ3) is 5.32. The molecule has 18 heavy (non-hydrogen) atoms. The topological polar surface area (TPSA) is 21.3 Å². The van der Waals surface area contributed by atoms with Crippen LogP contribution in [-0.4, -0.2) is 31.2 Å². The van der Waals surface area contributed by atoms with E-state index in [9.17, 15) is 0 Å². The number of ether oxygens (including phenoxy) is 1. The molecule has 1 fully saturated rings. The maximum absolute atomic E-state index is 5.65. The number of nitrogens with one attached hydrogen (secondary N) is 1. The van der Waals surface area contributed by atoms with Crippen LogP contribution in [0.25, 0.3) is 0 Å². The Hall–Kier alpha value is -0.670. The van der Waals surface area contributed by atoms with Crippen molar-refractivity contribution < 1.29 is 4.74 Å². The maximum Gasteiger partial charge on any atom is 0.119 e. The summed E-state index contributed by atoms with van der Waals surface area (Å²) in [5.74, 6) is 4.56. The molecule has 0 aromatic heterocycles. The molecule has 1 heterocycles. The first kappa shape index (κ1) is 13.8. The van der Waals surface area contributed by atoms with Crippen LogP contribution in [0.5, 0.6) is 5.75 Å². The van der Waals surface area contributed by atoms with Crippen molar-refractivity contribution in [2.75, 3.05) is 31.2 Å². The molecule has 1 aromatic rings. The van der Waals surface area contributed by atoms with E-state index in [2.05, 4.69) is 17.1 Å². The van der Waals surface area contributed by atoms with E-state index in [1.807, 2.05) is 30.3 Å². The maximum atomic E-state index is 5.65. The minimum atomic E-state index is 0.802. The molecular weight excluding hydrogens is 242 g/mol. The number of hydrogen-bond donors (Lipinski definition) is 1. The summed E-state index contributed by atoms with van der Waals surface area (Å²) in [4.78, 5) is 0. The van der Waals surface area contributed by atoms with Crippen molar-refractivity contribution in [3.8, 4) is 5.75 Å². The Balaban J connectivity index is 1.46. The molecule has 3 heteroatoms. The predicted molar refractivity (Wildman–Crippen MR) is 79.5 cm³/mol. The van der Waals surface area contributed by atoms with Crippen LogP contribution < -0.4 is 10.1 Å². The Morgan fingerprint density at radius 2 is 2.17 bits per heavy atom. The SMILES string of the molecule is c1ccc(OCCCNCC2CCCSC2)cc1. The summed E-state index contributed by atoms with van der Waals surface area (Å²) < 4.78 is 5.65. The van der Waals surface area contributed by atoms with Gasteiger partial charge in [0.1, 0.15) is 5.75 Å². The zero-order valence-electron chi connectivity index (χ0n) is 10.9. The lowest BCUT2D eigenvalue weighted by Crippen LogP contribution is -2.27. The summed E-state index contributed by atoms with van der Waals surface area (Å²) in [6.07, 6.45) is 3.88. The molecule has 1 aromatic carbocycles. The van der Waals surface area contributed by atoms with Gasteiger partial charge in [-0.25, -0.2) is 0 Å². The van der Waals surface area contributed by atoms with Crippen LogP contribution in [0, 0.1) is 5.92 Å². The van der Waals surface area contributed by atoms with Crippen LogP contribution in [-0.2, 0) is 0 Å². The molecule has 1 saturated heterocycles. The number of hydrogen-bond acceptors (Lipinski definition) is 3. The molecule has 2 nitrogen and oxygen atoms in total. The van der Waals surface area contributed by atoms with E-state index in [-0.39, 0.29) is 0 Å². The van der Waals surface area contributed by atoms with Gasteiger partial charge in [0.15, 0.2) is 0 Å². The third-order valence-corrected chi connectivity index (χ3v) is 4.48. The van der Waals surface area contributed by atoms with E-state index in [4.69, 9.17) is 4.74 Å². The van der Waals surface area contributed by atoms with Crippen molar-refractivity contribution in [2.24, 2.45) is 5.92 Å². The van der Waals surface area contributed by atoms with Gasteiger partial charge < -0.3 is 10.1 Å². The van der Waals surface area contributed by atoms with Crippen LogP contribution in [0.15, 0.2) is 30.3 Å². The first-order valence-electron chi connectivity index (χ1n) is 6.91. The summed E-state index contributed by atoms with van der Waals surface area (Å²) in [5, 5.41) is 3.55. The van der Waals surface area contributed by atoms with Gasteiger partial charge in [0.05, 0.1) is 6.61 Å². The van der Waals surface area contributed by atoms with E-state index in [0.29, 0.717) is 0 Å². The molecule has 2 rings (SSSR count). The summed E-state index contributed by atoms with van der Waals surface area (Å²) in [7, 11) is 0. The molecule has 0 bridgehead atoms.